The van der Waals surface area contributed by atoms with Crippen molar-refractivity contribution < 1.29 is 5.11 Å². The molecule has 2 unspecified atom stereocenters. The summed E-state index contributed by atoms with van der Waals surface area (Å²) in [6.45, 7) is 0. The molecule has 1 saturated carbocycles. The topological polar surface area (TPSA) is 33.1 Å². The van der Waals surface area contributed by atoms with Gasteiger partial charge in [0.2, 0.25) is 0 Å². The van der Waals surface area contributed by atoms with E-state index in [4.69, 9.17) is 0 Å². The van der Waals surface area contributed by atoms with Crippen LogP contribution in [0.2, 0.25) is 0 Å². The van der Waals surface area contributed by atoms with E-state index in [0.717, 1.165) is 12.8 Å². The minimum absolute atomic E-state index is 0.0518. The van der Waals surface area contributed by atoms with E-state index < -0.39 is 0 Å². The molecule has 1 fully saturated rings. The lowest BCUT2D eigenvalue weighted by atomic mass is 9.83. The lowest BCUT2D eigenvalue weighted by Crippen LogP contribution is -2.15. The van der Waals surface area contributed by atoms with Crippen LogP contribution in [-0.2, 0) is 6.42 Å². The normalized spacial score (nSPS) is 25.4. The van der Waals surface area contributed by atoms with Crippen molar-refractivity contribution in [3.63, 3.8) is 0 Å². The van der Waals surface area contributed by atoms with Crippen LogP contribution in [0.1, 0.15) is 55.7 Å². The summed E-state index contributed by atoms with van der Waals surface area (Å²) >= 11 is 0. The molecule has 0 bridgehead atoms. The summed E-state index contributed by atoms with van der Waals surface area (Å²) in [4.78, 5) is 4.56. The van der Waals surface area contributed by atoms with E-state index in [1.165, 1.54) is 43.4 Å². The Hall–Kier alpha value is -0.890. The summed E-state index contributed by atoms with van der Waals surface area (Å²) in [6, 6.07) is 4.26. The molecule has 2 heteroatoms. The van der Waals surface area contributed by atoms with Crippen molar-refractivity contribution in [3.05, 3.63) is 29.6 Å². The van der Waals surface area contributed by atoms with Gasteiger partial charge in [-0.2, -0.15) is 0 Å². The molecule has 2 nitrogen and oxygen atoms in total. The first kappa shape index (κ1) is 11.2. The Balaban J connectivity index is 1.63. The van der Waals surface area contributed by atoms with Crippen LogP contribution in [0.4, 0.5) is 0 Å². The Kier molecular flexibility index (Phi) is 3.15. The van der Waals surface area contributed by atoms with Gasteiger partial charge in [-0.05, 0) is 62.5 Å². The maximum atomic E-state index is 9.95. The van der Waals surface area contributed by atoms with Gasteiger partial charge >= 0.3 is 0 Å². The van der Waals surface area contributed by atoms with Gasteiger partial charge in [0, 0.05) is 17.8 Å². The summed E-state index contributed by atoms with van der Waals surface area (Å²) in [7, 11) is 0. The van der Waals surface area contributed by atoms with Crippen molar-refractivity contribution in [1.82, 2.24) is 4.98 Å². The third-order valence-corrected chi connectivity index (χ3v) is 4.29. The molecule has 0 aliphatic heterocycles. The second-order valence-electron chi connectivity index (χ2n) is 5.62. The molecule has 1 aromatic heterocycles. The third-order valence-electron chi connectivity index (χ3n) is 4.29. The van der Waals surface area contributed by atoms with E-state index in [1.54, 1.807) is 0 Å². The highest BCUT2D eigenvalue weighted by atomic mass is 16.3. The van der Waals surface area contributed by atoms with Crippen LogP contribution in [0.3, 0.4) is 0 Å². The molecule has 1 heterocycles. The second kappa shape index (κ2) is 4.77. The van der Waals surface area contributed by atoms with E-state index >= 15 is 0 Å². The van der Waals surface area contributed by atoms with Crippen molar-refractivity contribution in [3.8, 4) is 0 Å². The minimum Gasteiger partial charge on any atom is -0.393 e. The number of hydrogen-bond acceptors (Lipinski definition) is 2. The fraction of sp³-hybridized carbons (Fsp3) is 0.667. The van der Waals surface area contributed by atoms with Gasteiger partial charge in [-0.1, -0.05) is 6.07 Å². The molecule has 0 aromatic carbocycles. The number of aromatic nitrogens is 1. The zero-order chi connectivity index (χ0) is 11.7. The predicted molar refractivity (Wildman–Crippen MR) is 67.9 cm³/mol. The average molecular weight is 231 g/mol. The van der Waals surface area contributed by atoms with E-state index in [-0.39, 0.29) is 6.10 Å². The van der Waals surface area contributed by atoms with Gasteiger partial charge in [-0.15, -0.1) is 0 Å². The van der Waals surface area contributed by atoms with Crippen LogP contribution in [0.15, 0.2) is 18.3 Å². The van der Waals surface area contributed by atoms with E-state index in [9.17, 15) is 5.11 Å². The number of hydrogen-bond donors (Lipinski definition) is 1. The molecule has 0 spiro atoms. The Labute approximate surface area is 103 Å². The number of rotatable bonds is 4. The zero-order valence-electron chi connectivity index (χ0n) is 10.3. The Morgan fingerprint density at radius 2 is 2.24 bits per heavy atom. The average Bonchev–Trinajstić information content (AvgIpc) is 3.20. The third kappa shape index (κ3) is 2.52. The van der Waals surface area contributed by atoms with Crippen molar-refractivity contribution in [2.24, 2.45) is 5.92 Å². The van der Waals surface area contributed by atoms with Crippen LogP contribution < -0.4 is 0 Å². The van der Waals surface area contributed by atoms with Crippen LogP contribution in [0, 0.1) is 5.92 Å². The second-order valence-corrected chi connectivity index (χ2v) is 5.62. The highest BCUT2D eigenvalue weighted by molar-refractivity contribution is 5.25. The van der Waals surface area contributed by atoms with Crippen molar-refractivity contribution in [2.45, 2.75) is 57.0 Å². The van der Waals surface area contributed by atoms with E-state index in [0.29, 0.717) is 11.8 Å². The first-order valence-electron chi connectivity index (χ1n) is 6.96. The van der Waals surface area contributed by atoms with Crippen LogP contribution in [0.5, 0.6) is 0 Å². The molecule has 0 saturated heterocycles. The first-order chi connectivity index (χ1) is 8.34. The van der Waals surface area contributed by atoms with Gasteiger partial charge in [0.1, 0.15) is 0 Å². The Morgan fingerprint density at radius 1 is 1.35 bits per heavy atom. The molecule has 1 aromatic rings. The van der Waals surface area contributed by atoms with Gasteiger partial charge in [0.15, 0.2) is 0 Å². The van der Waals surface area contributed by atoms with Gasteiger partial charge in [-0.3, -0.25) is 4.98 Å². The Bertz CT molecular complexity index is 386. The molecule has 0 radical (unpaired) electrons. The zero-order valence-corrected chi connectivity index (χ0v) is 10.3. The van der Waals surface area contributed by atoms with Gasteiger partial charge in [0.05, 0.1) is 6.10 Å². The minimum atomic E-state index is -0.0518. The molecular weight excluding hydrogens is 210 g/mol. The Morgan fingerprint density at radius 3 is 3.06 bits per heavy atom. The number of nitrogens with zero attached hydrogens (tertiary/aromatic N) is 1. The summed E-state index contributed by atoms with van der Waals surface area (Å²) in [5.74, 6) is 1.20. The molecule has 2 aliphatic rings. The summed E-state index contributed by atoms with van der Waals surface area (Å²) in [5, 5.41) is 9.95. The van der Waals surface area contributed by atoms with E-state index in [1.807, 2.05) is 12.3 Å². The van der Waals surface area contributed by atoms with Gasteiger partial charge in [0.25, 0.3) is 0 Å². The summed E-state index contributed by atoms with van der Waals surface area (Å²) in [5.41, 5.74) is 2.74. The molecule has 1 N–H and O–H groups in total. The number of aliphatic hydroxyl groups is 1. The van der Waals surface area contributed by atoms with Crippen LogP contribution >= 0.6 is 0 Å². The number of fused-ring (bicyclic) bond motifs is 1. The standard InChI is InChI=1S/C15H21NO/c17-14(11-6-7-11)9-8-13-4-1-3-12-5-2-10-16-15(12)13/h2,5,10-11,13-14,17H,1,3-4,6-9H2. The lowest BCUT2D eigenvalue weighted by molar-refractivity contribution is 0.135. The molecule has 3 rings (SSSR count). The van der Waals surface area contributed by atoms with Crippen LogP contribution in [-0.4, -0.2) is 16.2 Å². The van der Waals surface area contributed by atoms with E-state index in [2.05, 4.69) is 11.1 Å². The van der Waals surface area contributed by atoms with Gasteiger partial charge in [-0.25, -0.2) is 0 Å². The number of aliphatic hydroxyl groups excluding tert-OH is 1. The largest absolute Gasteiger partial charge is 0.393 e. The van der Waals surface area contributed by atoms with Crippen molar-refractivity contribution >= 4 is 0 Å². The highest BCUT2D eigenvalue weighted by Gasteiger charge is 2.30. The first-order valence-corrected chi connectivity index (χ1v) is 6.96. The fourth-order valence-corrected chi connectivity index (χ4v) is 3.08. The quantitative estimate of drug-likeness (QED) is 0.864. The molecule has 2 atom stereocenters. The fourth-order valence-electron chi connectivity index (χ4n) is 3.08. The molecule has 17 heavy (non-hydrogen) atoms. The van der Waals surface area contributed by atoms with Gasteiger partial charge < -0.3 is 5.11 Å². The monoisotopic (exact) mass is 231 g/mol. The summed E-state index contributed by atoms with van der Waals surface area (Å²) in [6.07, 6.45) is 10.1. The summed E-state index contributed by atoms with van der Waals surface area (Å²) < 4.78 is 0. The molecule has 92 valence electrons. The number of aryl methyl sites for hydroxylation is 1. The van der Waals surface area contributed by atoms with Crippen molar-refractivity contribution in [1.29, 1.82) is 0 Å². The maximum Gasteiger partial charge on any atom is 0.0568 e. The smallest absolute Gasteiger partial charge is 0.0568 e. The SMILES string of the molecule is OC(CCC1CCCc2cccnc21)C1CC1. The molecule has 0 amide bonds. The molecular formula is C15H21NO. The lowest BCUT2D eigenvalue weighted by Gasteiger charge is -2.25. The maximum absolute atomic E-state index is 9.95. The number of pyridine rings is 1. The highest BCUT2D eigenvalue weighted by Crippen LogP contribution is 2.38. The van der Waals surface area contributed by atoms with Crippen molar-refractivity contribution in [2.75, 3.05) is 0 Å². The molecule has 2 aliphatic carbocycles. The van der Waals surface area contributed by atoms with Crippen LogP contribution in [0.25, 0.3) is 0 Å². The predicted octanol–water partition coefficient (Wildman–Crippen LogP) is 3.05.